The predicted molar refractivity (Wildman–Crippen MR) is 62.1 cm³/mol. The Morgan fingerprint density at radius 1 is 1.20 bits per heavy atom. The molecule has 1 unspecified atom stereocenters. The van der Waals surface area contributed by atoms with Crippen LogP contribution >= 0.6 is 0 Å². The lowest BCUT2D eigenvalue weighted by Crippen LogP contribution is -2.32. The van der Waals surface area contributed by atoms with Crippen LogP contribution in [0, 0.1) is 5.82 Å². The quantitative estimate of drug-likeness (QED) is 0.737. The highest BCUT2D eigenvalue weighted by Crippen LogP contribution is 2.24. The Morgan fingerprint density at radius 2 is 1.80 bits per heavy atom. The van der Waals surface area contributed by atoms with Crippen LogP contribution in [-0.4, -0.2) is 0 Å². The van der Waals surface area contributed by atoms with Crippen molar-refractivity contribution < 1.29 is 4.39 Å². The van der Waals surface area contributed by atoms with Crippen LogP contribution in [0.1, 0.15) is 45.1 Å². The van der Waals surface area contributed by atoms with Gasteiger partial charge >= 0.3 is 0 Å². The van der Waals surface area contributed by atoms with Gasteiger partial charge in [-0.2, -0.15) is 0 Å². The van der Waals surface area contributed by atoms with Crippen molar-refractivity contribution >= 4 is 0 Å². The summed E-state index contributed by atoms with van der Waals surface area (Å²) in [6.07, 6.45) is 4.47. The predicted octanol–water partition coefficient (Wildman–Crippen LogP) is 3.58. The van der Waals surface area contributed by atoms with Gasteiger partial charge in [-0.3, -0.25) is 0 Å². The van der Waals surface area contributed by atoms with E-state index in [1.165, 1.54) is 25.0 Å². The van der Waals surface area contributed by atoms with Gasteiger partial charge in [-0.1, -0.05) is 38.3 Å². The molecule has 0 heterocycles. The van der Waals surface area contributed by atoms with E-state index in [0.29, 0.717) is 0 Å². The standard InChI is InChI=1S/C13H20FN/c1-3-4-5-10-13(2,15)11-6-8-12(14)9-7-11/h6-9H,3-5,10,15H2,1-2H3. The number of halogens is 1. The second-order valence-electron chi connectivity index (χ2n) is 4.38. The second-order valence-corrected chi connectivity index (χ2v) is 4.38. The van der Waals surface area contributed by atoms with Gasteiger partial charge in [-0.25, -0.2) is 4.39 Å². The third-order valence-electron chi connectivity index (χ3n) is 2.80. The van der Waals surface area contributed by atoms with Crippen LogP contribution in [0.3, 0.4) is 0 Å². The molecule has 0 saturated carbocycles. The molecule has 15 heavy (non-hydrogen) atoms. The van der Waals surface area contributed by atoms with E-state index in [-0.39, 0.29) is 11.4 Å². The molecule has 0 aliphatic rings. The molecule has 0 fully saturated rings. The summed E-state index contributed by atoms with van der Waals surface area (Å²) >= 11 is 0. The third-order valence-corrected chi connectivity index (χ3v) is 2.80. The molecule has 0 amide bonds. The fraction of sp³-hybridized carbons (Fsp3) is 0.538. The Bertz CT molecular complexity index is 290. The molecule has 1 aromatic rings. The van der Waals surface area contributed by atoms with Crippen LogP contribution in [-0.2, 0) is 5.54 Å². The second kappa shape index (κ2) is 5.26. The molecule has 1 nitrogen and oxygen atoms in total. The van der Waals surface area contributed by atoms with Gasteiger partial charge in [-0.15, -0.1) is 0 Å². The number of benzene rings is 1. The van der Waals surface area contributed by atoms with Crippen LogP contribution in [0.4, 0.5) is 4.39 Å². The maximum absolute atomic E-state index is 12.7. The van der Waals surface area contributed by atoms with Gasteiger partial charge in [0.25, 0.3) is 0 Å². The molecule has 84 valence electrons. The van der Waals surface area contributed by atoms with E-state index in [1.807, 2.05) is 6.92 Å². The molecule has 2 heteroatoms. The molecule has 0 aliphatic heterocycles. The highest BCUT2D eigenvalue weighted by molar-refractivity contribution is 5.23. The summed E-state index contributed by atoms with van der Waals surface area (Å²) in [5, 5.41) is 0. The van der Waals surface area contributed by atoms with E-state index in [0.717, 1.165) is 18.4 Å². The zero-order valence-electron chi connectivity index (χ0n) is 9.59. The van der Waals surface area contributed by atoms with E-state index in [9.17, 15) is 4.39 Å². The molecule has 0 saturated heterocycles. The first-order valence-corrected chi connectivity index (χ1v) is 5.61. The molecule has 0 aliphatic carbocycles. The van der Waals surface area contributed by atoms with Crippen molar-refractivity contribution in [3.63, 3.8) is 0 Å². The molecule has 1 aromatic carbocycles. The van der Waals surface area contributed by atoms with Gasteiger partial charge in [-0.05, 0) is 31.0 Å². The lowest BCUT2D eigenvalue weighted by Gasteiger charge is -2.25. The van der Waals surface area contributed by atoms with E-state index in [4.69, 9.17) is 5.73 Å². The summed E-state index contributed by atoms with van der Waals surface area (Å²) in [6.45, 7) is 4.18. The number of rotatable bonds is 5. The molecular formula is C13H20FN. The first-order chi connectivity index (χ1) is 7.06. The Hall–Kier alpha value is -0.890. The largest absolute Gasteiger partial charge is 0.322 e. The average molecular weight is 209 g/mol. The molecule has 2 N–H and O–H groups in total. The highest BCUT2D eigenvalue weighted by atomic mass is 19.1. The van der Waals surface area contributed by atoms with Crippen molar-refractivity contribution in [3.8, 4) is 0 Å². The van der Waals surface area contributed by atoms with E-state index < -0.39 is 0 Å². The number of nitrogens with two attached hydrogens (primary N) is 1. The van der Waals surface area contributed by atoms with Gasteiger partial charge in [0, 0.05) is 5.54 Å². The van der Waals surface area contributed by atoms with Crippen molar-refractivity contribution in [1.82, 2.24) is 0 Å². The molecule has 0 aromatic heterocycles. The minimum absolute atomic E-state index is 0.205. The monoisotopic (exact) mass is 209 g/mol. The number of unbranched alkanes of at least 4 members (excludes halogenated alkanes) is 2. The summed E-state index contributed by atoms with van der Waals surface area (Å²) in [4.78, 5) is 0. The van der Waals surface area contributed by atoms with Crippen molar-refractivity contribution in [2.45, 2.75) is 45.1 Å². The molecule has 0 spiro atoms. The minimum Gasteiger partial charge on any atom is -0.322 e. The SMILES string of the molecule is CCCCCC(C)(N)c1ccc(F)cc1. The average Bonchev–Trinajstić information content (AvgIpc) is 2.18. The zero-order valence-corrected chi connectivity index (χ0v) is 9.59. The van der Waals surface area contributed by atoms with E-state index in [2.05, 4.69) is 6.92 Å². The van der Waals surface area contributed by atoms with Crippen LogP contribution in [0.2, 0.25) is 0 Å². The lowest BCUT2D eigenvalue weighted by molar-refractivity contribution is 0.426. The van der Waals surface area contributed by atoms with Crippen molar-refractivity contribution in [1.29, 1.82) is 0 Å². The first kappa shape index (κ1) is 12.2. The summed E-state index contributed by atoms with van der Waals surface area (Å²) in [7, 11) is 0. The number of hydrogen-bond acceptors (Lipinski definition) is 1. The third kappa shape index (κ3) is 3.63. The molecule has 0 bridgehead atoms. The molecule has 1 atom stereocenters. The maximum atomic E-state index is 12.7. The van der Waals surface area contributed by atoms with E-state index in [1.54, 1.807) is 12.1 Å². The van der Waals surface area contributed by atoms with E-state index >= 15 is 0 Å². The van der Waals surface area contributed by atoms with Crippen LogP contribution < -0.4 is 5.73 Å². The fourth-order valence-electron chi connectivity index (χ4n) is 1.72. The molecule has 0 radical (unpaired) electrons. The van der Waals surface area contributed by atoms with Crippen LogP contribution in [0.5, 0.6) is 0 Å². The summed E-state index contributed by atoms with van der Waals surface area (Å²) in [5.41, 5.74) is 6.89. The normalized spacial score (nSPS) is 14.9. The van der Waals surface area contributed by atoms with Gasteiger partial charge < -0.3 is 5.73 Å². The lowest BCUT2D eigenvalue weighted by atomic mass is 9.88. The Morgan fingerprint density at radius 3 is 2.33 bits per heavy atom. The van der Waals surface area contributed by atoms with Crippen molar-refractivity contribution in [3.05, 3.63) is 35.6 Å². The van der Waals surface area contributed by atoms with Gasteiger partial charge in [0.05, 0.1) is 0 Å². The Balaban J connectivity index is 2.63. The summed E-state index contributed by atoms with van der Waals surface area (Å²) < 4.78 is 12.7. The van der Waals surface area contributed by atoms with Gasteiger partial charge in [0.2, 0.25) is 0 Å². The van der Waals surface area contributed by atoms with Crippen molar-refractivity contribution in [2.75, 3.05) is 0 Å². The topological polar surface area (TPSA) is 26.0 Å². The fourth-order valence-corrected chi connectivity index (χ4v) is 1.72. The van der Waals surface area contributed by atoms with Crippen molar-refractivity contribution in [2.24, 2.45) is 5.73 Å². The van der Waals surface area contributed by atoms with Crippen LogP contribution in [0.15, 0.2) is 24.3 Å². The first-order valence-electron chi connectivity index (χ1n) is 5.61. The van der Waals surface area contributed by atoms with Gasteiger partial charge in [0.1, 0.15) is 5.82 Å². The Labute approximate surface area is 91.5 Å². The molecule has 1 rings (SSSR count). The zero-order chi connectivity index (χ0) is 11.3. The maximum Gasteiger partial charge on any atom is 0.123 e. The Kier molecular flexibility index (Phi) is 4.28. The summed E-state index contributed by atoms with van der Waals surface area (Å²) in [5.74, 6) is -0.205. The highest BCUT2D eigenvalue weighted by Gasteiger charge is 2.20. The minimum atomic E-state index is -0.330. The summed E-state index contributed by atoms with van der Waals surface area (Å²) in [6, 6.07) is 6.50. The molecular weight excluding hydrogens is 189 g/mol. The van der Waals surface area contributed by atoms with Gasteiger partial charge in [0.15, 0.2) is 0 Å². The number of hydrogen-bond donors (Lipinski definition) is 1. The smallest absolute Gasteiger partial charge is 0.123 e. The van der Waals surface area contributed by atoms with Crippen LogP contribution in [0.25, 0.3) is 0 Å².